The van der Waals surface area contributed by atoms with Crippen LogP contribution in [0.25, 0.3) is 10.8 Å². The summed E-state index contributed by atoms with van der Waals surface area (Å²) in [7, 11) is 0. The lowest BCUT2D eigenvalue weighted by atomic mass is 9.58. The van der Waals surface area contributed by atoms with Crippen LogP contribution in [0.5, 0.6) is 0 Å². The topological polar surface area (TPSA) is 92.4 Å². The van der Waals surface area contributed by atoms with Gasteiger partial charge in [-0.25, -0.2) is 9.18 Å². The van der Waals surface area contributed by atoms with Gasteiger partial charge in [-0.1, -0.05) is 11.6 Å². The number of alkyl halides is 6. The summed E-state index contributed by atoms with van der Waals surface area (Å²) in [5.74, 6) is -3.04. The monoisotopic (exact) mass is 532 g/mol. The molecule has 2 N–H and O–H groups in total. The molecular formula is C24H19F7N2O4. The number of aliphatic hydroxyl groups is 1. The minimum Gasteiger partial charge on any atom is -0.373 e. The Balaban J connectivity index is 1.75. The van der Waals surface area contributed by atoms with Crippen molar-refractivity contribution in [1.29, 1.82) is 0 Å². The fourth-order valence-electron chi connectivity index (χ4n) is 4.69. The van der Waals surface area contributed by atoms with E-state index in [0.717, 1.165) is 12.1 Å². The van der Waals surface area contributed by atoms with Crippen LogP contribution >= 0.6 is 0 Å². The van der Waals surface area contributed by atoms with Crippen molar-refractivity contribution >= 4 is 22.4 Å². The molecule has 13 heteroatoms. The molecule has 1 heterocycles. The number of hydrogen-bond donors (Lipinski definition) is 2. The lowest BCUT2D eigenvalue weighted by Gasteiger charge is -2.47. The highest BCUT2D eigenvalue weighted by Gasteiger charge is 2.64. The summed E-state index contributed by atoms with van der Waals surface area (Å²) in [6.07, 6.45) is -12.3. The third kappa shape index (κ3) is 4.67. The zero-order chi connectivity index (χ0) is 27.4. The number of anilines is 1. The number of hydrogen-bond acceptors (Lipinski definition) is 5. The zero-order valence-electron chi connectivity index (χ0n) is 19.1. The predicted octanol–water partition coefficient (Wildman–Crippen LogP) is 5.40. The van der Waals surface area contributed by atoms with Gasteiger partial charge in [0.1, 0.15) is 5.82 Å². The number of nitrogens with zero attached hydrogens (tertiary/aromatic N) is 1. The molecule has 6 nitrogen and oxygen atoms in total. The van der Waals surface area contributed by atoms with Gasteiger partial charge in [-0.2, -0.15) is 26.3 Å². The lowest BCUT2D eigenvalue weighted by Crippen LogP contribution is -2.59. The minimum absolute atomic E-state index is 0.0378. The zero-order valence-corrected chi connectivity index (χ0v) is 19.1. The summed E-state index contributed by atoms with van der Waals surface area (Å²) in [5, 5.41) is 16.4. The molecule has 1 aromatic heterocycles. The molecule has 3 aromatic rings. The first-order chi connectivity index (χ1) is 17.1. The quantitative estimate of drug-likeness (QED) is 0.430. The molecule has 0 saturated heterocycles. The number of rotatable bonds is 5. The number of amides is 1. The van der Waals surface area contributed by atoms with Crippen molar-refractivity contribution in [2.75, 3.05) is 5.32 Å². The molecule has 1 saturated carbocycles. The average molecular weight is 532 g/mol. The van der Waals surface area contributed by atoms with E-state index >= 15 is 0 Å². The molecule has 1 aliphatic carbocycles. The first kappa shape index (κ1) is 26.6. The van der Waals surface area contributed by atoms with Crippen LogP contribution in [0.1, 0.15) is 42.5 Å². The molecule has 37 heavy (non-hydrogen) atoms. The van der Waals surface area contributed by atoms with Crippen molar-refractivity contribution in [3.05, 3.63) is 69.5 Å². The molecule has 1 fully saturated rings. The molecule has 1 amide bonds. The highest BCUT2D eigenvalue weighted by atomic mass is 19.4. The number of fused-ring (bicyclic) bond motifs is 1. The van der Waals surface area contributed by atoms with E-state index in [9.17, 15) is 45.4 Å². The molecular weight excluding hydrogens is 513 g/mol. The van der Waals surface area contributed by atoms with E-state index in [0.29, 0.717) is 18.2 Å². The smallest absolute Gasteiger partial charge is 0.373 e. The van der Waals surface area contributed by atoms with E-state index in [2.05, 4.69) is 9.68 Å². The van der Waals surface area contributed by atoms with Crippen molar-refractivity contribution < 1.29 is 45.2 Å². The highest BCUT2D eigenvalue weighted by molar-refractivity contribution is 6.00. The molecule has 1 unspecified atom stereocenters. The second-order valence-electron chi connectivity index (χ2n) is 9.13. The van der Waals surface area contributed by atoms with Crippen molar-refractivity contribution in [2.45, 2.75) is 56.0 Å². The Kier molecular flexibility index (Phi) is 6.34. The third-order valence-electron chi connectivity index (χ3n) is 6.76. The first-order valence-corrected chi connectivity index (χ1v) is 11.0. The maximum absolute atomic E-state index is 14.2. The van der Waals surface area contributed by atoms with Gasteiger partial charge in [-0.05, 0) is 67.1 Å². The van der Waals surface area contributed by atoms with E-state index in [1.165, 1.54) is 13.0 Å². The molecule has 2 aromatic carbocycles. The Bertz CT molecular complexity index is 1430. The largest absolute Gasteiger partial charge is 0.426 e. The summed E-state index contributed by atoms with van der Waals surface area (Å²) >= 11 is 0. The van der Waals surface area contributed by atoms with Gasteiger partial charge in [-0.15, -0.1) is 0 Å². The van der Waals surface area contributed by atoms with Gasteiger partial charge in [0.15, 0.2) is 0 Å². The van der Waals surface area contributed by atoms with Gasteiger partial charge in [0, 0.05) is 17.5 Å². The Morgan fingerprint density at radius 3 is 2.32 bits per heavy atom. The van der Waals surface area contributed by atoms with E-state index in [4.69, 9.17) is 0 Å². The fraction of sp³-hybridized carbons (Fsp3) is 0.375. The summed E-state index contributed by atoms with van der Waals surface area (Å²) < 4.78 is 102. The third-order valence-corrected chi connectivity index (χ3v) is 6.76. The number of aryl methyl sites for hydroxylation is 1. The molecule has 0 bridgehead atoms. The molecule has 4 rings (SSSR count). The van der Waals surface area contributed by atoms with Crippen LogP contribution in [0.4, 0.5) is 36.4 Å². The normalized spacial score (nSPS) is 17.2. The molecule has 1 atom stereocenters. The predicted molar refractivity (Wildman–Crippen MR) is 116 cm³/mol. The van der Waals surface area contributed by atoms with Crippen molar-refractivity contribution in [1.82, 2.24) is 5.16 Å². The van der Waals surface area contributed by atoms with E-state index in [1.54, 1.807) is 0 Å². The number of benzene rings is 2. The van der Waals surface area contributed by atoms with Crippen LogP contribution in [-0.4, -0.2) is 27.9 Å². The standard InChI is InChI=1S/C24H19F7N2O4/c1-12-16-10-14(4-5-15(16)19(34)37-33-12)32-20(35)22(36,24(29,30)31)11-21(7-2-8-21)18-9-13(25)3-6-17(18)23(26,27)28/h3-6,9-10,36H,2,7-8,11H2,1H3,(H,32,35). The van der Waals surface area contributed by atoms with Gasteiger partial charge >= 0.3 is 18.0 Å². The van der Waals surface area contributed by atoms with Gasteiger partial charge in [0.2, 0.25) is 5.60 Å². The number of halogens is 7. The van der Waals surface area contributed by atoms with Crippen molar-refractivity contribution in [3.8, 4) is 0 Å². The summed E-state index contributed by atoms with van der Waals surface area (Å²) in [5.41, 5.74) is -9.04. The second kappa shape index (κ2) is 8.82. The molecule has 0 spiro atoms. The maximum atomic E-state index is 14.2. The summed E-state index contributed by atoms with van der Waals surface area (Å²) in [6.45, 7) is 1.44. The van der Waals surface area contributed by atoms with Crippen LogP contribution in [0.3, 0.4) is 0 Å². The summed E-state index contributed by atoms with van der Waals surface area (Å²) in [6, 6.07) is 4.89. The molecule has 198 valence electrons. The summed E-state index contributed by atoms with van der Waals surface area (Å²) in [4.78, 5) is 24.7. The lowest BCUT2D eigenvalue weighted by molar-refractivity contribution is -0.257. The number of aromatic nitrogens is 1. The number of carbonyl (C=O) groups is 1. The minimum atomic E-state index is -5.60. The maximum Gasteiger partial charge on any atom is 0.426 e. The van der Waals surface area contributed by atoms with Crippen LogP contribution in [0.15, 0.2) is 45.7 Å². The second-order valence-corrected chi connectivity index (χ2v) is 9.13. The highest BCUT2D eigenvalue weighted by Crippen LogP contribution is 2.54. The van der Waals surface area contributed by atoms with Gasteiger partial charge < -0.3 is 14.9 Å². The van der Waals surface area contributed by atoms with Crippen LogP contribution < -0.4 is 10.9 Å². The number of carbonyl (C=O) groups excluding carboxylic acids is 1. The van der Waals surface area contributed by atoms with Crippen LogP contribution in [-0.2, 0) is 16.4 Å². The Morgan fingerprint density at radius 1 is 1.08 bits per heavy atom. The Labute approximate surface area is 204 Å². The van der Waals surface area contributed by atoms with Gasteiger partial charge in [-0.3, -0.25) is 4.79 Å². The molecule has 1 aliphatic rings. The van der Waals surface area contributed by atoms with Gasteiger partial charge in [0.25, 0.3) is 5.91 Å². The van der Waals surface area contributed by atoms with Crippen LogP contribution in [0.2, 0.25) is 0 Å². The van der Waals surface area contributed by atoms with Crippen molar-refractivity contribution in [2.24, 2.45) is 0 Å². The fourth-order valence-corrected chi connectivity index (χ4v) is 4.69. The molecule has 0 aliphatic heterocycles. The van der Waals surface area contributed by atoms with Gasteiger partial charge in [0.05, 0.1) is 16.6 Å². The van der Waals surface area contributed by atoms with Crippen molar-refractivity contribution in [3.63, 3.8) is 0 Å². The Morgan fingerprint density at radius 2 is 1.76 bits per heavy atom. The Hall–Kier alpha value is -3.48. The SMILES string of the molecule is Cc1noc(=O)c2ccc(NC(=O)C(O)(CC3(c4cc(F)ccc4C(F)(F)F)CCC3)C(F)(F)F)cc12. The van der Waals surface area contributed by atoms with E-state index in [1.807, 2.05) is 5.32 Å². The average Bonchev–Trinajstić information content (AvgIpc) is 2.77. The molecule has 0 radical (unpaired) electrons. The van der Waals surface area contributed by atoms with Crippen LogP contribution in [0, 0.1) is 12.7 Å². The van der Waals surface area contributed by atoms with E-state index in [-0.39, 0.29) is 41.4 Å². The number of nitrogens with one attached hydrogen (secondary N) is 1. The first-order valence-electron chi connectivity index (χ1n) is 11.0. The van der Waals surface area contributed by atoms with E-state index < -0.39 is 58.3 Å².